The van der Waals surface area contributed by atoms with Gasteiger partial charge >= 0.3 is 5.97 Å². The van der Waals surface area contributed by atoms with E-state index in [9.17, 15) is 14.4 Å². The Morgan fingerprint density at radius 2 is 1.48 bits per heavy atom. The molecule has 1 unspecified atom stereocenters. The molecule has 0 saturated heterocycles. The van der Waals surface area contributed by atoms with E-state index in [1.807, 2.05) is 0 Å². The van der Waals surface area contributed by atoms with Gasteiger partial charge in [-0.05, 0) is 13.0 Å². The summed E-state index contributed by atoms with van der Waals surface area (Å²) in [4.78, 5) is 36.6. The second-order valence-electron chi connectivity index (χ2n) is 7.02. The van der Waals surface area contributed by atoms with Crippen LogP contribution in [0.3, 0.4) is 0 Å². The molecule has 0 bridgehead atoms. The Morgan fingerprint density at radius 1 is 0.848 bits per heavy atom. The first-order valence-electron chi connectivity index (χ1n) is 10.6. The number of ether oxygens (including phenoxy) is 5. The number of rotatable bonds is 13. The van der Waals surface area contributed by atoms with Crippen LogP contribution in [0.15, 0.2) is 55.1 Å². The standard InChI is InChI=1S/C25H26O8/c1-3-22(26)33-14-12-29-11-13-30-17(2)31-15-16-32-21-10-6-9-20-23(21)25(28)19-8-5-4-7-18(19)24(20)27/h3-10,17H,1,11-16H2,2H3. The zero-order valence-corrected chi connectivity index (χ0v) is 18.4. The summed E-state index contributed by atoms with van der Waals surface area (Å²) in [7, 11) is 0. The van der Waals surface area contributed by atoms with Crippen molar-refractivity contribution in [2.24, 2.45) is 0 Å². The largest absolute Gasteiger partial charge is 0.490 e. The number of hydrogen-bond donors (Lipinski definition) is 0. The first-order valence-corrected chi connectivity index (χ1v) is 10.6. The van der Waals surface area contributed by atoms with Crippen LogP contribution in [-0.4, -0.2) is 63.5 Å². The average molecular weight is 454 g/mol. The second kappa shape index (κ2) is 12.1. The number of carbonyl (C=O) groups is 3. The lowest BCUT2D eigenvalue weighted by atomic mass is 9.83. The quantitative estimate of drug-likeness (QED) is 0.168. The van der Waals surface area contributed by atoms with Crippen LogP contribution in [0.5, 0.6) is 5.75 Å². The minimum atomic E-state index is -0.490. The fourth-order valence-corrected chi connectivity index (χ4v) is 3.28. The van der Waals surface area contributed by atoms with Crippen LogP contribution in [0.4, 0.5) is 0 Å². The van der Waals surface area contributed by atoms with E-state index in [-0.39, 0.29) is 43.6 Å². The second-order valence-corrected chi connectivity index (χ2v) is 7.02. The third kappa shape index (κ3) is 6.35. The van der Waals surface area contributed by atoms with E-state index in [1.54, 1.807) is 49.4 Å². The molecule has 1 aliphatic carbocycles. The molecule has 174 valence electrons. The maximum absolute atomic E-state index is 13.0. The molecular weight excluding hydrogens is 428 g/mol. The van der Waals surface area contributed by atoms with Crippen molar-refractivity contribution in [1.82, 2.24) is 0 Å². The molecular formula is C25H26O8. The van der Waals surface area contributed by atoms with E-state index >= 15 is 0 Å². The van der Waals surface area contributed by atoms with E-state index < -0.39 is 12.3 Å². The van der Waals surface area contributed by atoms with E-state index in [0.29, 0.717) is 35.7 Å². The van der Waals surface area contributed by atoms with Gasteiger partial charge in [0.05, 0.1) is 32.0 Å². The van der Waals surface area contributed by atoms with Crippen molar-refractivity contribution >= 4 is 17.5 Å². The number of ketones is 2. The summed E-state index contributed by atoms with van der Waals surface area (Å²) in [5.41, 5.74) is 1.41. The van der Waals surface area contributed by atoms with Gasteiger partial charge in [0.1, 0.15) is 19.0 Å². The van der Waals surface area contributed by atoms with E-state index in [4.69, 9.17) is 23.7 Å². The van der Waals surface area contributed by atoms with Gasteiger partial charge in [0.2, 0.25) is 0 Å². The fraction of sp³-hybridized carbons (Fsp3) is 0.320. The van der Waals surface area contributed by atoms with Gasteiger partial charge in [-0.1, -0.05) is 43.0 Å². The Balaban J connectivity index is 1.40. The molecule has 3 rings (SSSR count). The van der Waals surface area contributed by atoms with Crippen LogP contribution >= 0.6 is 0 Å². The summed E-state index contributed by atoms with van der Waals surface area (Å²) in [6.45, 7) is 6.49. The number of hydrogen-bond acceptors (Lipinski definition) is 8. The molecule has 1 atom stereocenters. The maximum atomic E-state index is 13.0. The van der Waals surface area contributed by atoms with Crippen LogP contribution in [0.25, 0.3) is 0 Å². The van der Waals surface area contributed by atoms with Crippen molar-refractivity contribution in [2.45, 2.75) is 13.2 Å². The van der Waals surface area contributed by atoms with Gasteiger partial charge in [0.25, 0.3) is 0 Å². The van der Waals surface area contributed by atoms with Gasteiger partial charge in [-0.3, -0.25) is 9.59 Å². The average Bonchev–Trinajstić information content (AvgIpc) is 2.84. The fourth-order valence-electron chi connectivity index (χ4n) is 3.28. The maximum Gasteiger partial charge on any atom is 0.330 e. The summed E-state index contributed by atoms with van der Waals surface area (Å²) in [5.74, 6) is -0.559. The number of esters is 1. The zero-order chi connectivity index (χ0) is 23.6. The third-order valence-corrected chi connectivity index (χ3v) is 4.83. The molecule has 8 nitrogen and oxygen atoms in total. The highest BCUT2D eigenvalue weighted by Crippen LogP contribution is 2.33. The monoisotopic (exact) mass is 454 g/mol. The number of carbonyl (C=O) groups excluding carboxylic acids is 3. The molecule has 0 spiro atoms. The lowest BCUT2D eigenvalue weighted by molar-refractivity contribution is -0.146. The molecule has 8 heteroatoms. The predicted octanol–water partition coefficient (Wildman–Crippen LogP) is 2.97. The van der Waals surface area contributed by atoms with Crippen molar-refractivity contribution in [3.63, 3.8) is 0 Å². The Labute approximate surface area is 192 Å². The predicted molar refractivity (Wildman–Crippen MR) is 119 cm³/mol. The minimum absolute atomic E-state index is 0.150. The van der Waals surface area contributed by atoms with Gasteiger partial charge in [-0.15, -0.1) is 0 Å². The topological polar surface area (TPSA) is 97.4 Å². The third-order valence-electron chi connectivity index (χ3n) is 4.83. The van der Waals surface area contributed by atoms with Crippen LogP contribution in [0.2, 0.25) is 0 Å². The molecule has 2 aromatic carbocycles. The van der Waals surface area contributed by atoms with Crippen molar-refractivity contribution in [3.05, 3.63) is 77.4 Å². The van der Waals surface area contributed by atoms with Gasteiger partial charge in [0.15, 0.2) is 17.9 Å². The molecule has 33 heavy (non-hydrogen) atoms. The van der Waals surface area contributed by atoms with Gasteiger partial charge in [-0.2, -0.15) is 0 Å². The first-order chi connectivity index (χ1) is 16.0. The normalized spacial score (nSPS) is 13.1. The summed E-state index contributed by atoms with van der Waals surface area (Å²) in [5, 5.41) is 0. The van der Waals surface area contributed by atoms with Crippen LogP contribution < -0.4 is 4.74 Å². The summed E-state index contributed by atoms with van der Waals surface area (Å²) in [6.07, 6.45) is 0.602. The molecule has 0 heterocycles. The van der Waals surface area contributed by atoms with E-state index in [0.717, 1.165) is 6.08 Å². The molecule has 0 N–H and O–H groups in total. The van der Waals surface area contributed by atoms with Crippen molar-refractivity contribution in [1.29, 1.82) is 0 Å². The van der Waals surface area contributed by atoms with Crippen LogP contribution in [0, 0.1) is 0 Å². The molecule has 0 saturated carbocycles. The Bertz CT molecular complexity index is 1010. The van der Waals surface area contributed by atoms with Gasteiger partial charge in [0, 0.05) is 22.8 Å². The van der Waals surface area contributed by atoms with Crippen molar-refractivity contribution in [3.8, 4) is 5.75 Å². The van der Waals surface area contributed by atoms with Gasteiger partial charge in [-0.25, -0.2) is 4.79 Å². The lowest BCUT2D eigenvalue weighted by Crippen LogP contribution is -2.23. The molecule has 0 amide bonds. The Morgan fingerprint density at radius 3 is 2.21 bits per heavy atom. The smallest absolute Gasteiger partial charge is 0.330 e. The highest BCUT2D eigenvalue weighted by atomic mass is 16.7. The Kier molecular flexibility index (Phi) is 8.88. The summed E-state index contributed by atoms with van der Waals surface area (Å²) >= 11 is 0. The summed E-state index contributed by atoms with van der Waals surface area (Å²) in [6, 6.07) is 11.8. The van der Waals surface area contributed by atoms with Crippen LogP contribution in [0.1, 0.15) is 38.8 Å². The molecule has 0 aliphatic heterocycles. The molecule has 0 radical (unpaired) electrons. The number of fused-ring (bicyclic) bond motifs is 2. The van der Waals surface area contributed by atoms with Gasteiger partial charge < -0.3 is 23.7 Å². The van der Waals surface area contributed by atoms with Crippen LogP contribution in [-0.2, 0) is 23.7 Å². The van der Waals surface area contributed by atoms with E-state index in [2.05, 4.69) is 6.58 Å². The highest BCUT2D eigenvalue weighted by molar-refractivity contribution is 6.29. The van der Waals surface area contributed by atoms with Crippen molar-refractivity contribution < 1.29 is 38.1 Å². The van der Waals surface area contributed by atoms with Crippen molar-refractivity contribution in [2.75, 3.05) is 39.6 Å². The first kappa shape index (κ1) is 24.3. The zero-order valence-electron chi connectivity index (χ0n) is 18.4. The SMILES string of the molecule is C=CC(=O)OCCOCCOC(C)OCCOc1cccc2c1C(=O)c1ccccc1C2=O. The molecule has 0 fully saturated rings. The molecule has 2 aromatic rings. The lowest BCUT2D eigenvalue weighted by Gasteiger charge is -2.20. The molecule has 0 aromatic heterocycles. The highest BCUT2D eigenvalue weighted by Gasteiger charge is 2.31. The summed E-state index contributed by atoms with van der Waals surface area (Å²) < 4.78 is 26.9. The number of benzene rings is 2. The Hall–Kier alpha value is -3.33. The molecule has 1 aliphatic rings. The minimum Gasteiger partial charge on any atom is -0.490 e. The van der Waals surface area contributed by atoms with E-state index in [1.165, 1.54) is 0 Å².